The minimum atomic E-state index is 0.416. The average Bonchev–Trinajstić information content (AvgIpc) is 2.71. The molecule has 0 aromatic carbocycles. The fourth-order valence-corrected chi connectivity index (χ4v) is 1.85. The summed E-state index contributed by atoms with van der Waals surface area (Å²) < 4.78 is 6.00. The molecule has 0 unspecified atom stereocenters. The third-order valence-electron chi connectivity index (χ3n) is 1.43. The SMILES string of the molecule is NCc1nnc(-c2ccc(Br)o2)s1. The molecule has 68 valence electrons. The van der Waals surface area contributed by atoms with Crippen molar-refractivity contribution in [1.29, 1.82) is 0 Å². The van der Waals surface area contributed by atoms with Crippen LogP contribution < -0.4 is 5.73 Å². The average molecular weight is 260 g/mol. The Labute approximate surface area is 86.9 Å². The molecule has 13 heavy (non-hydrogen) atoms. The zero-order chi connectivity index (χ0) is 9.26. The van der Waals surface area contributed by atoms with Crippen LogP contribution in [0.5, 0.6) is 0 Å². The molecule has 2 aromatic rings. The highest BCUT2D eigenvalue weighted by molar-refractivity contribution is 9.10. The molecular formula is C7H6BrN3OS. The van der Waals surface area contributed by atoms with E-state index >= 15 is 0 Å². The number of nitrogens with zero attached hydrogens (tertiary/aromatic N) is 2. The van der Waals surface area contributed by atoms with E-state index in [9.17, 15) is 0 Å². The molecule has 2 heterocycles. The van der Waals surface area contributed by atoms with Crippen molar-refractivity contribution >= 4 is 27.3 Å². The molecule has 0 aliphatic rings. The summed E-state index contributed by atoms with van der Waals surface area (Å²) in [5, 5.41) is 9.40. The van der Waals surface area contributed by atoms with Crippen molar-refractivity contribution in [3.8, 4) is 10.8 Å². The number of hydrogen-bond acceptors (Lipinski definition) is 5. The Hall–Kier alpha value is -0.720. The number of aromatic nitrogens is 2. The molecule has 0 saturated carbocycles. The Morgan fingerprint density at radius 3 is 2.85 bits per heavy atom. The summed E-state index contributed by atoms with van der Waals surface area (Å²) in [5.41, 5.74) is 5.41. The van der Waals surface area contributed by atoms with Gasteiger partial charge in [-0.1, -0.05) is 11.3 Å². The first-order valence-corrected chi connectivity index (χ1v) is 5.18. The van der Waals surface area contributed by atoms with E-state index in [1.54, 1.807) is 0 Å². The first-order valence-electron chi connectivity index (χ1n) is 3.58. The Bertz CT molecular complexity index is 411. The molecule has 0 aliphatic carbocycles. The number of nitrogens with two attached hydrogens (primary N) is 1. The van der Waals surface area contributed by atoms with Crippen LogP contribution in [0.4, 0.5) is 0 Å². The van der Waals surface area contributed by atoms with Crippen molar-refractivity contribution in [2.24, 2.45) is 5.73 Å². The Kier molecular flexibility index (Phi) is 2.43. The fourth-order valence-electron chi connectivity index (χ4n) is 0.865. The predicted octanol–water partition coefficient (Wildman–Crippen LogP) is 2.02. The normalized spacial score (nSPS) is 10.6. The van der Waals surface area contributed by atoms with Crippen LogP contribution in [0.25, 0.3) is 10.8 Å². The van der Waals surface area contributed by atoms with Crippen molar-refractivity contribution < 1.29 is 4.42 Å². The largest absolute Gasteiger partial charge is 0.447 e. The highest BCUT2D eigenvalue weighted by Crippen LogP contribution is 2.27. The van der Waals surface area contributed by atoms with Crippen LogP contribution in [-0.4, -0.2) is 10.2 Å². The van der Waals surface area contributed by atoms with Crippen molar-refractivity contribution in [2.45, 2.75) is 6.54 Å². The standard InChI is InChI=1S/C7H6BrN3OS/c8-5-2-1-4(12-5)7-11-10-6(3-9)13-7/h1-2H,3,9H2. The molecule has 0 fully saturated rings. The van der Waals surface area contributed by atoms with Gasteiger partial charge < -0.3 is 10.2 Å². The van der Waals surface area contributed by atoms with Crippen LogP contribution >= 0.6 is 27.3 Å². The molecule has 0 bridgehead atoms. The van der Waals surface area contributed by atoms with Crippen molar-refractivity contribution in [1.82, 2.24) is 10.2 Å². The van der Waals surface area contributed by atoms with Crippen LogP contribution in [0, 0.1) is 0 Å². The van der Waals surface area contributed by atoms with Crippen LogP contribution in [0.2, 0.25) is 0 Å². The van der Waals surface area contributed by atoms with Gasteiger partial charge in [-0.15, -0.1) is 10.2 Å². The maximum absolute atomic E-state index is 5.41. The minimum Gasteiger partial charge on any atom is -0.447 e. The first kappa shape index (κ1) is 8.86. The topological polar surface area (TPSA) is 64.9 Å². The zero-order valence-corrected chi connectivity index (χ0v) is 8.93. The second-order valence-electron chi connectivity index (χ2n) is 2.31. The van der Waals surface area contributed by atoms with Crippen LogP contribution in [0.3, 0.4) is 0 Å². The van der Waals surface area contributed by atoms with Crippen molar-refractivity contribution in [2.75, 3.05) is 0 Å². The van der Waals surface area contributed by atoms with Gasteiger partial charge in [-0.25, -0.2) is 0 Å². The fraction of sp³-hybridized carbons (Fsp3) is 0.143. The van der Waals surface area contributed by atoms with E-state index in [1.807, 2.05) is 12.1 Å². The van der Waals surface area contributed by atoms with E-state index in [-0.39, 0.29) is 0 Å². The Balaban J connectivity index is 2.35. The quantitative estimate of drug-likeness (QED) is 0.897. The van der Waals surface area contributed by atoms with Crippen LogP contribution in [0.15, 0.2) is 21.2 Å². The number of furan rings is 1. The predicted molar refractivity (Wildman–Crippen MR) is 53.2 cm³/mol. The lowest BCUT2D eigenvalue weighted by atomic mass is 10.5. The molecule has 4 nitrogen and oxygen atoms in total. The first-order chi connectivity index (χ1) is 6.29. The number of hydrogen-bond donors (Lipinski definition) is 1. The molecular weight excluding hydrogens is 254 g/mol. The summed E-state index contributed by atoms with van der Waals surface area (Å²) in [7, 11) is 0. The molecule has 0 spiro atoms. The van der Waals surface area contributed by atoms with Gasteiger partial charge in [-0.05, 0) is 28.1 Å². The highest BCUT2D eigenvalue weighted by Gasteiger charge is 2.08. The molecule has 2 rings (SSSR count). The van der Waals surface area contributed by atoms with Gasteiger partial charge in [0.2, 0.25) is 0 Å². The summed E-state index contributed by atoms with van der Waals surface area (Å²) >= 11 is 4.66. The lowest BCUT2D eigenvalue weighted by Crippen LogP contribution is -1.94. The van der Waals surface area contributed by atoms with Gasteiger partial charge in [0, 0.05) is 6.54 Å². The summed E-state index contributed by atoms with van der Waals surface area (Å²) in [4.78, 5) is 0. The summed E-state index contributed by atoms with van der Waals surface area (Å²) in [5.74, 6) is 0.712. The van der Waals surface area contributed by atoms with E-state index in [2.05, 4.69) is 26.1 Å². The minimum absolute atomic E-state index is 0.416. The van der Waals surface area contributed by atoms with E-state index in [4.69, 9.17) is 10.2 Å². The third-order valence-corrected chi connectivity index (χ3v) is 2.81. The molecule has 0 saturated heterocycles. The van der Waals surface area contributed by atoms with E-state index in [0.29, 0.717) is 17.0 Å². The molecule has 6 heteroatoms. The van der Waals surface area contributed by atoms with E-state index in [1.165, 1.54) is 11.3 Å². The summed E-state index contributed by atoms with van der Waals surface area (Å²) in [6.07, 6.45) is 0. The maximum Gasteiger partial charge on any atom is 0.183 e. The molecule has 0 amide bonds. The van der Waals surface area contributed by atoms with Gasteiger partial charge in [-0.3, -0.25) is 0 Å². The second-order valence-corrected chi connectivity index (χ2v) is 4.15. The molecule has 0 radical (unpaired) electrons. The van der Waals surface area contributed by atoms with E-state index in [0.717, 1.165) is 10.0 Å². The maximum atomic E-state index is 5.41. The lowest BCUT2D eigenvalue weighted by Gasteiger charge is -1.84. The molecule has 2 aromatic heterocycles. The van der Waals surface area contributed by atoms with Gasteiger partial charge in [-0.2, -0.15) is 0 Å². The van der Waals surface area contributed by atoms with Crippen LogP contribution in [-0.2, 0) is 6.54 Å². The number of halogens is 1. The van der Waals surface area contributed by atoms with Gasteiger partial charge in [0.25, 0.3) is 0 Å². The molecule has 0 atom stereocenters. The second kappa shape index (κ2) is 3.57. The zero-order valence-electron chi connectivity index (χ0n) is 6.53. The molecule has 0 aliphatic heterocycles. The van der Waals surface area contributed by atoms with Gasteiger partial charge >= 0.3 is 0 Å². The lowest BCUT2D eigenvalue weighted by molar-refractivity contribution is 0.554. The van der Waals surface area contributed by atoms with Gasteiger partial charge in [0.05, 0.1) is 0 Å². The summed E-state index contributed by atoms with van der Waals surface area (Å²) in [6, 6.07) is 3.66. The van der Waals surface area contributed by atoms with Crippen LogP contribution in [0.1, 0.15) is 5.01 Å². The van der Waals surface area contributed by atoms with E-state index < -0.39 is 0 Å². The van der Waals surface area contributed by atoms with Crippen molar-refractivity contribution in [3.63, 3.8) is 0 Å². The summed E-state index contributed by atoms with van der Waals surface area (Å²) in [6.45, 7) is 0.416. The van der Waals surface area contributed by atoms with Crippen molar-refractivity contribution in [3.05, 3.63) is 21.8 Å². The van der Waals surface area contributed by atoms with Gasteiger partial charge in [0.1, 0.15) is 5.01 Å². The Morgan fingerprint density at radius 1 is 1.46 bits per heavy atom. The Morgan fingerprint density at radius 2 is 2.31 bits per heavy atom. The highest BCUT2D eigenvalue weighted by atomic mass is 79.9. The third kappa shape index (κ3) is 1.79. The smallest absolute Gasteiger partial charge is 0.183 e. The van der Waals surface area contributed by atoms with Gasteiger partial charge in [0.15, 0.2) is 15.4 Å². The molecule has 2 N–H and O–H groups in total. The number of rotatable bonds is 2. The monoisotopic (exact) mass is 259 g/mol.